The van der Waals surface area contributed by atoms with Gasteiger partial charge in [-0.15, -0.1) is 11.3 Å². The molecular weight excluding hydrogens is 186 g/mol. The first-order chi connectivity index (χ1) is 6.11. The third-order valence-electron chi connectivity index (χ3n) is 1.68. The Balaban J connectivity index is 2.51. The van der Waals surface area contributed by atoms with Gasteiger partial charge >= 0.3 is 0 Å². The van der Waals surface area contributed by atoms with E-state index in [2.05, 4.69) is 10.3 Å². The van der Waals surface area contributed by atoms with E-state index in [0.29, 0.717) is 5.13 Å². The topological polar surface area (TPSA) is 68.0 Å². The first kappa shape index (κ1) is 10.1. The smallest absolute Gasteiger partial charge is 0.243 e. The molecule has 0 aliphatic rings. The molecule has 1 heterocycles. The van der Waals surface area contributed by atoms with Crippen molar-refractivity contribution in [3.8, 4) is 0 Å². The van der Waals surface area contributed by atoms with Gasteiger partial charge in [-0.25, -0.2) is 4.98 Å². The molecule has 0 radical (unpaired) electrons. The quantitative estimate of drug-likeness (QED) is 0.765. The van der Waals surface area contributed by atoms with Gasteiger partial charge in [-0.1, -0.05) is 13.8 Å². The molecule has 0 spiro atoms. The van der Waals surface area contributed by atoms with Crippen LogP contribution in [0.4, 0.5) is 5.13 Å². The molecule has 1 atom stereocenters. The zero-order valence-corrected chi connectivity index (χ0v) is 8.47. The highest BCUT2D eigenvalue weighted by Crippen LogP contribution is 2.11. The normalized spacial score (nSPS) is 12.9. The van der Waals surface area contributed by atoms with E-state index in [-0.39, 0.29) is 11.8 Å². The molecule has 0 bridgehead atoms. The van der Waals surface area contributed by atoms with Crippen LogP contribution in [0.3, 0.4) is 0 Å². The summed E-state index contributed by atoms with van der Waals surface area (Å²) in [6, 6.07) is -0.469. The number of nitrogens with zero attached hydrogens (tertiary/aromatic N) is 1. The molecule has 0 aromatic carbocycles. The fourth-order valence-electron chi connectivity index (χ4n) is 0.777. The number of amides is 1. The van der Waals surface area contributed by atoms with Gasteiger partial charge in [-0.2, -0.15) is 0 Å². The van der Waals surface area contributed by atoms with E-state index in [4.69, 9.17) is 5.73 Å². The second-order valence-electron chi connectivity index (χ2n) is 3.10. The molecule has 1 aromatic rings. The molecule has 1 aromatic heterocycles. The van der Waals surface area contributed by atoms with Crippen LogP contribution in [0.1, 0.15) is 13.8 Å². The summed E-state index contributed by atoms with van der Waals surface area (Å²) < 4.78 is 0. The lowest BCUT2D eigenvalue weighted by Crippen LogP contribution is -2.39. The zero-order chi connectivity index (χ0) is 9.84. The number of nitrogens with two attached hydrogens (primary N) is 1. The van der Waals surface area contributed by atoms with E-state index < -0.39 is 6.04 Å². The van der Waals surface area contributed by atoms with Crippen LogP contribution in [0.15, 0.2) is 11.6 Å². The Hall–Kier alpha value is -0.940. The van der Waals surface area contributed by atoms with Crippen molar-refractivity contribution in [2.75, 3.05) is 5.32 Å². The van der Waals surface area contributed by atoms with E-state index in [0.717, 1.165) is 0 Å². The van der Waals surface area contributed by atoms with E-state index in [1.54, 1.807) is 11.6 Å². The molecule has 13 heavy (non-hydrogen) atoms. The molecular formula is C8H13N3OS. The second-order valence-corrected chi connectivity index (χ2v) is 3.99. The maximum atomic E-state index is 11.4. The lowest BCUT2D eigenvalue weighted by Gasteiger charge is -2.13. The number of aromatic nitrogens is 1. The van der Waals surface area contributed by atoms with Gasteiger partial charge in [0.15, 0.2) is 5.13 Å². The summed E-state index contributed by atoms with van der Waals surface area (Å²) in [6.07, 6.45) is 1.64. The predicted octanol–water partition coefficient (Wildman–Crippen LogP) is 1.06. The molecule has 0 saturated heterocycles. The van der Waals surface area contributed by atoms with Gasteiger partial charge in [0.05, 0.1) is 6.04 Å². The summed E-state index contributed by atoms with van der Waals surface area (Å²) in [7, 11) is 0. The van der Waals surface area contributed by atoms with E-state index in [1.165, 1.54) is 11.3 Å². The Morgan fingerprint density at radius 2 is 2.38 bits per heavy atom. The third kappa shape index (κ3) is 2.78. The van der Waals surface area contributed by atoms with Crippen molar-refractivity contribution in [3.05, 3.63) is 11.6 Å². The van der Waals surface area contributed by atoms with Crippen LogP contribution >= 0.6 is 11.3 Å². The number of anilines is 1. The summed E-state index contributed by atoms with van der Waals surface area (Å²) in [4.78, 5) is 15.3. The maximum absolute atomic E-state index is 11.4. The van der Waals surface area contributed by atoms with Gasteiger partial charge in [0.2, 0.25) is 5.91 Å². The molecule has 4 nitrogen and oxygen atoms in total. The second kappa shape index (κ2) is 4.34. The summed E-state index contributed by atoms with van der Waals surface area (Å²) in [5.74, 6) is -0.0371. The highest BCUT2D eigenvalue weighted by atomic mass is 32.1. The predicted molar refractivity (Wildman–Crippen MR) is 53.6 cm³/mol. The summed E-state index contributed by atoms with van der Waals surface area (Å²) >= 11 is 1.38. The Kier molecular flexibility index (Phi) is 3.39. The van der Waals surface area contributed by atoms with Crippen LogP contribution in [0.2, 0.25) is 0 Å². The number of carbonyl (C=O) groups is 1. The fraction of sp³-hybridized carbons (Fsp3) is 0.500. The van der Waals surface area contributed by atoms with Crippen LogP contribution in [0, 0.1) is 5.92 Å². The van der Waals surface area contributed by atoms with Crippen molar-refractivity contribution in [1.29, 1.82) is 0 Å². The van der Waals surface area contributed by atoms with Crippen LogP contribution in [-0.4, -0.2) is 16.9 Å². The Labute approximate surface area is 81.2 Å². The van der Waals surface area contributed by atoms with E-state index in [1.807, 2.05) is 13.8 Å². The lowest BCUT2D eigenvalue weighted by atomic mass is 10.1. The molecule has 3 N–H and O–H groups in total. The highest BCUT2D eigenvalue weighted by Gasteiger charge is 2.17. The molecule has 5 heteroatoms. The minimum absolute atomic E-state index is 0.139. The SMILES string of the molecule is CC(C)[C@@H](N)C(=O)Nc1nccs1. The number of rotatable bonds is 3. The monoisotopic (exact) mass is 199 g/mol. The molecule has 1 amide bonds. The first-order valence-corrected chi connectivity index (χ1v) is 4.95. The van der Waals surface area contributed by atoms with Crippen molar-refractivity contribution >= 4 is 22.4 Å². The van der Waals surface area contributed by atoms with Crippen molar-refractivity contribution in [3.63, 3.8) is 0 Å². The van der Waals surface area contributed by atoms with Crippen LogP contribution < -0.4 is 11.1 Å². The third-order valence-corrected chi connectivity index (χ3v) is 2.37. The minimum atomic E-state index is -0.469. The zero-order valence-electron chi connectivity index (χ0n) is 7.65. The van der Waals surface area contributed by atoms with Gasteiger partial charge in [0.1, 0.15) is 0 Å². The van der Waals surface area contributed by atoms with Gasteiger partial charge < -0.3 is 11.1 Å². The van der Waals surface area contributed by atoms with Gasteiger partial charge in [-0.05, 0) is 5.92 Å². The van der Waals surface area contributed by atoms with Gasteiger partial charge in [0.25, 0.3) is 0 Å². The summed E-state index contributed by atoms with van der Waals surface area (Å²) in [6.45, 7) is 3.82. The van der Waals surface area contributed by atoms with E-state index >= 15 is 0 Å². The lowest BCUT2D eigenvalue weighted by molar-refractivity contribution is -0.118. The first-order valence-electron chi connectivity index (χ1n) is 4.07. The molecule has 0 unspecified atom stereocenters. The van der Waals surface area contributed by atoms with Crippen molar-refractivity contribution in [2.24, 2.45) is 11.7 Å². The average Bonchev–Trinajstić information content (AvgIpc) is 2.55. The van der Waals surface area contributed by atoms with Crippen molar-refractivity contribution in [2.45, 2.75) is 19.9 Å². The van der Waals surface area contributed by atoms with Gasteiger partial charge in [-0.3, -0.25) is 4.79 Å². The number of carbonyl (C=O) groups excluding carboxylic acids is 1. The Morgan fingerprint density at radius 1 is 1.69 bits per heavy atom. The van der Waals surface area contributed by atoms with Crippen LogP contribution in [0.5, 0.6) is 0 Å². The highest BCUT2D eigenvalue weighted by molar-refractivity contribution is 7.13. The maximum Gasteiger partial charge on any atom is 0.243 e. The molecule has 0 saturated carbocycles. The molecule has 0 fully saturated rings. The fourth-order valence-corrected chi connectivity index (χ4v) is 1.31. The Morgan fingerprint density at radius 3 is 2.85 bits per heavy atom. The largest absolute Gasteiger partial charge is 0.320 e. The van der Waals surface area contributed by atoms with Crippen molar-refractivity contribution in [1.82, 2.24) is 4.98 Å². The van der Waals surface area contributed by atoms with Gasteiger partial charge in [0, 0.05) is 11.6 Å². The van der Waals surface area contributed by atoms with Crippen molar-refractivity contribution < 1.29 is 4.79 Å². The molecule has 0 aliphatic carbocycles. The summed E-state index contributed by atoms with van der Waals surface area (Å²) in [5, 5.41) is 5.05. The number of hydrogen-bond donors (Lipinski definition) is 2. The molecule has 0 aliphatic heterocycles. The van der Waals surface area contributed by atoms with E-state index in [9.17, 15) is 4.79 Å². The molecule has 72 valence electrons. The van der Waals surface area contributed by atoms with Crippen LogP contribution in [0.25, 0.3) is 0 Å². The number of hydrogen-bond acceptors (Lipinski definition) is 4. The minimum Gasteiger partial charge on any atom is -0.320 e. The number of thiazole rings is 1. The summed E-state index contributed by atoms with van der Waals surface area (Å²) in [5.41, 5.74) is 5.64. The Bertz CT molecular complexity index is 271. The molecule has 1 rings (SSSR count). The standard InChI is InChI=1S/C8H13N3OS/c1-5(2)6(9)7(12)11-8-10-3-4-13-8/h3-6H,9H2,1-2H3,(H,10,11,12)/t6-/m1/s1. The number of nitrogens with one attached hydrogen (secondary N) is 1. The van der Waals surface area contributed by atoms with Crippen LogP contribution in [-0.2, 0) is 4.79 Å². The average molecular weight is 199 g/mol.